The van der Waals surface area contributed by atoms with Gasteiger partial charge < -0.3 is 9.80 Å². The number of pyridine rings is 1. The lowest BCUT2D eigenvalue weighted by molar-refractivity contribution is -0.138. The van der Waals surface area contributed by atoms with E-state index in [0.29, 0.717) is 31.8 Å². The van der Waals surface area contributed by atoms with E-state index in [9.17, 15) is 13.2 Å². The van der Waals surface area contributed by atoms with E-state index < -0.39 is 10.0 Å². The van der Waals surface area contributed by atoms with E-state index in [4.69, 9.17) is 11.6 Å². The summed E-state index contributed by atoms with van der Waals surface area (Å²) >= 11 is 6.02. The summed E-state index contributed by atoms with van der Waals surface area (Å²) in [5.74, 6) is 1.49. The van der Waals surface area contributed by atoms with Gasteiger partial charge in [-0.15, -0.1) is 0 Å². The minimum absolute atomic E-state index is 0.00628. The molecule has 0 radical (unpaired) electrons. The molecule has 0 spiro atoms. The molecule has 3 saturated heterocycles. The molecule has 32 heavy (non-hydrogen) atoms. The summed E-state index contributed by atoms with van der Waals surface area (Å²) in [6.07, 6.45) is 7.40. The highest BCUT2D eigenvalue weighted by atomic mass is 35.5. The van der Waals surface area contributed by atoms with Crippen molar-refractivity contribution in [2.45, 2.75) is 50.3 Å². The fraction of sp³-hybridized carbons (Fsp3) is 0.739. The summed E-state index contributed by atoms with van der Waals surface area (Å²) in [6, 6.07) is 3.06. The molecule has 0 saturated carbocycles. The van der Waals surface area contributed by atoms with Gasteiger partial charge >= 0.3 is 0 Å². The van der Waals surface area contributed by atoms with E-state index in [2.05, 4.69) is 16.8 Å². The zero-order valence-corrected chi connectivity index (χ0v) is 20.5. The second-order valence-electron chi connectivity index (χ2n) is 9.75. The topological polar surface area (TPSA) is 73.8 Å². The van der Waals surface area contributed by atoms with Crippen LogP contribution in [0.25, 0.3) is 0 Å². The van der Waals surface area contributed by atoms with Crippen LogP contribution < -0.4 is 0 Å². The second-order valence-corrected chi connectivity index (χ2v) is 12.0. The molecule has 3 aliphatic heterocycles. The Labute approximate surface area is 197 Å². The number of amides is 1. The van der Waals surface area contributed by atoms with Crippen LogP contribution in [0.2, 0.25) is 5.15 Å². The number of hydrogen-bond donors (Lipinski definition) is 0. The van der Waals surface area contributed by atoms with Crippen molar-refractivity contribution in [2.75, 3.05) is 45.8 Å². The Hall–Kier alpha value is -1.22. The third-order valence-corrected chi connectivity index (χ3v) is 9.71. The predicted octanol–water partition coefficient (Wildman–Crippen LogP) is 3.11. The molecule has 0 N–H and O–H groups in total. The molecule has 1 aromatic rings. The molecule has 9 heteroatoms. The average molecular weight is 483 g/mol. The zero-order valence-electron chi connectivity index (χ0n) is 19.0. The third-order valence-electron chi connectivity index (χ3n) is 7.37. The first-order valence-electron chi connectivity index (χ1n) is 12.0. The van der Waals surface area contributed by atoms with E-state index in [1.54, 1.807) is 6.07 Å². The van der Waals surface area contributed by atoms with Crippen molar-refractivity contribution in [3.63, 3.8) is 0 Å². The zero-order chi connectivity index (χ0) is 22.7. The van der Waals surface area contributed by atoms with Crippen LogP contribution >= 0.6 is 11.6 Å². The first-order chi connectivity index (χ1) is 15.3. The minimum Gasteiger partial charge on any atom is -0.342 e. The Kier molecular flexibility index (Phi) is 7.75. The molecule has 3 aliphatic rings. The Morgan fingerprint density at radius 1 is 1.09 bits per heavy atom. The SMILES string of the molecule is CC1CCN(CC2CCCN(C(=O)C3CCN(S(=O)(=O)c4cccnc4Cl)CC3)C2)CC1. The maximum Gasteiger partial charge on any atom is 0.246 e. The Morgan fingerprint density at radius 3 is 2.50 bits per heavy atom. The summed E-state index contributed by atoms with van der Waals surface area (Å²) in [6.45, 7) is 8.14. The number of rotatable bonds is 5. The van der Waals surface area contributed by atoms with Gasteiger partial charge in [0.05, 0.1) is 0 Å². The highest BCUT2D eigenvalue weighted by molar-refractivity contribution is 7.89. The van der Waals surface area contributed by atoms with Gasteiger partial charge in [0.25, 0.3) is 0 Å². The van der Waals surface area contributed by atoms with Crippen molar-refractivity contribution >= 4 is 27.5 Å². The van der Waals surface area contributed by atoms with Crippen molar-refractivity contribution in [1.82, 2.24) is 19.1 Å². The molecule has 0 aromatic carbocycles. The lowest BCUT2D eigenvalue weighted by Gasteiger charge is -2.40. The third kappa shape index (κ3) is 5.46. The van der Waals surface area contributed by atoms with Crippen LogP contribution in [0.3, 0.4) is 0 Å². The molecule has 7 nitrogen and oxygen atoms in total. The van der Waals surface area contributed by atoms with Crippen molar-refractivity contribution in [2.24, 2.45) is 17.8 Å². The molecule has 1 aromatic heterocycles. The van der Waals surface area contributed by atoms with Crippen molar-refractivity contribution < 1.29 is 13.2 Å². The molecule has 0 bridgehead atoms. The molecule has 3 fully saturated rings. The number of halogens is 1. The molecule has 1 atom stereocenters. The van der Waals surface area contributed by atoms with Gasteiger partial charge in [-0.25, -0.2) is 13.4 Å². The molecule has 1 amide bonds. The van der Waals surface area contributed by atoms with Gasteiger partial charge in [-0.05, 0) is 75.6 Å². The molecular formula is C23H35ClN4O3S. The van der Waals surface area contributed by atoms with Gasteiger partial charge in [0.15, 0.2) is 0 Å². The van der Waals surface area contributed by atoms with Crippen LogP contribution in [0.15, 0.2) is 23.2 Å². The van der Waals surface area contributed by atoms with Crippen molar-refractivity contribution in [3.05, 3.63) is 23.5 Å². The fourth-order valence-electron chi connectivity index (χ4n) is 5.33. The van der Waals surface area contributed by atoms with Crippen LogP contribution in [0, 0.1) is 17.8 Å². The van der Waals surface area contributed by atoms with Crippen molar-refractivity contribution in [3.8, 4) is 0 Å². The summed E-state index contributed by atoms with van der Waals surface area (Å²) in [5, 5.41) is -0.00628. The smallest absolute Gasteiger partial charge is 0.246 e. The number of likely N-dealkylation sites (tertiary alicyclic amines) is 2. The van der Waals surface area contributed by atoms with Crippen LogP contribution in [-0.4, -0.2) is 79.2 Å². The normalized spacial score (nSPS) is 25.2. The maximum atomic E-state index is 13.2. The van der Waals surface area contributed by atoms with Gasteiger partial charge in [-0.3, -0.25) is 4.79 Å². The van der Waals surface area contributed by atoms with Crippen LogP contribution in [0.4, 0.5) is 0 Å². The minimum atomic E-state index is -3.69. The summed E-state index contributed by atoms with van der Waals surface area (Å²) in [5.41, 5.74) is 0. The van der Waals surface area contributed by atoms with Gasteiger partial charge in [0, 0.05) is 44.8 Å². The van der Waals surface area contributed by atoms with Gasteiger partial charge in [0.1, 0.15) is 10.0 Å². The second kappa shape index (κ2) is 10.4. The van der Waals surface area contributed by atoms with E-state index in [0.717, 1.165) is 32.0 Å². The fourth-order valence-corrected chi connectivity index (χ4v) is 7.23. The van der Waals surface area contributed by atoms with Crippen LogP contribution in [0.5, 0.6) is 0 Å². The monoisotopic (exact) mass is 482 g/mol. The highest BCUT2D eigenvalue weighted by Crippen LogP contribution is 2.29. The van der Waals surface area contributed by atoms with Crippen LogP contribution in [0.1, 0.15) is 45.4 Å². The largest absolute Gasteiger partial charge is 0.342 e. The first-order valence-corrected chi connectivity index (χ1v) is 13.8. The number of hydrogen-bond acceptors (Lipinski definition) is 5. The molecule has 1 unspecified atom stereocenters. The standard InChI is InChI=1S/C23H35ClN4O3S/c1-18-6-12-26(13-7-18)16-19-4-3-11-27(17-19)23(29)20-8-14-28(15-9-20)32(30,31)21-5-2-10-25-22(21)24/h2,5,10,18-20H,3-4,6-9,11-17H2,1H3. The molecular weight excluding hydrogens is 448 g/mol. The predicted molar refractivity (Wildman–Crippen MR) is 125 cm³/mol. The summed E-state index contributed by atoms with van der Waals surface area (Å²) in [7, 11) is -3.69. The number of nitrogens with zero attached hydrogens (tertiary/aromatic N) is 4. The number of sulfonamides is 1. The number of carbonyl (C=O) groups excluding carboxylic acids is 1. The Morgan fingerprint density at radius 2 is 1.81 bits per heavy atom. The van der Waals surface area contributed by atoms with E-state index in [1.807, 2.05) is 4.90 Å². The highest BCUT2D eigenvalue weighted by Gasteiger charge is 2.36. The van der Waals surface area contributed by atoms with E-state index in [1.165, 1.54) is 48.9 Å². The van der Waals surface area contributed by atoms with Gasteiger partial charge in [0.2, 0.25) is 15.9 Å². The molecule has 4 rings (SSSR count). The molecule has 0 aliphatic carbocycles. The quantitative estimate of drug-likeness (QED) is 0.603. The lowest BCUT2D eigenvalue weighted by Crippen LogP contribution is -2.49. The summed E-state index contributed by atoms with van der Waals surface area (Å²) in [4.78, 5) is 21.8. The summed E-state index contributed by atoms with van der Waals surface area (Å²) < 4.78 is 27.3. The maximum absolute atomic E-state index is 13.2. The molecule has 178 valence electrons. The van der Waals surface area contributed by atoms with E-state index >= 15 is 0 Å². The van der Waals surface area contributed by atoms with Crippen LogP contribution in [-0.2, 0) is 14.8 Å². The van der Waals surface area contributed by atoms with Gasteiger partial charge in [-0.1, -0.05) is 18.5 Å². The number of carbonyl (C=O) groups is 1. The average Bonchev–Trinajstić information content (AvgIpc) is 2.80. The van der Waals surface area contributed by atoms with Gasteiger partial charge in [-0.2, -0.15) is 4.31 Å². The number of aromatic nitrogens is 1. The Balaban J connectivity index is 1.30. The Bertz CT molecular complexity index is 896. The molecule has 4 heterocycles. The van der Waals surface area contributed by atoms with Crippen molar-refractivity contribution in [1.29, 1.82) is 0 Å². The first kappa shape index (κ1) is 23.9. The lowest BCUT2D eigenvalue weighted by atomic mass is 9.91. The van der Waals surface area contributed by atoms with E-state index in [-0.39, 0.29) is 21.9 Å². The number of piperidine rings is 3.